The van der Waals surface area contributed by atoms with Gasteiger partial charge in [-0.3, -0.25) is 19.5 Å². The van der Waals surface area contributed by atoms with E-state index in [1.165, 1.54) is 6.07 Å². The van der Waals surface area contributed by atoms with Gasteiger partial charge in [-0.25, -0.2) is 4.98 Å². The zero-order valence-electron chi connectivity index (χ0n) is 11.7. The fourth-order valence-electron chi connectivity index (χ4n) is 2.85. The van der Waals surface area contributed by atoms with Gasteiger partial charge in [-0.2, -0.15) is 13.2 Å². The van der Waals surface area contributed by atoms with Crippen LogP contribution in [-0.4, -0.2) is 20.4 Å². The lowest BCUT2D eigenvalue weighted by molar-refractivity contribution is -0.383. The fourth-order valence-corrected chi connectivity index (χ4v) is 2.85. The van der Waals surface area contributed by atoms with Crippen molar-refractivity contribution in [3.05, 3.63) is 57.6 Å². The standard InChI is InChI=1S/C15H6F3N3O3/c16-15(17,18)7-5-10-12(11(6-7)21(23)24)20-13(19-10)8-3-1-2-4-9(8)14(20)22/h1-6H. The third-order valence-electron chi connectivity index (χ3n) is 3.86. The SMILES string of the molecule is O=C1c2ccccc2-c2nc3cc(C(F)(F)F)cc([N+](=O)[O-])c3n21. The van der Waals surface area contributed by atoms with Gasteiger partial charge in [0.15, 0.2) is 5.52 Å². The Morgan fingerprint density at radius 3 is 2.42 bits per heavy atom. The Bertz CT molecular complexity index is 1050. The van der Waals surface area contributed by atoms with Gasteiger partial charge in [0.2, 0.25) is 0 Å². The Labute approximate surface area is 131 Å². The van der Waals surface area contributed by atoms with Crippen molar-refractivity contribution in [2.24, 2.45) is 0 Å². The second-order valence-electron chi connectivity index (χ2n) is 5.24. The van der Waals surface area contributed by atoms with Crippen LogP contribution in [0.2, 0.25) is 0 Å². The predicted molar refractivity (Wildman–Crippen MR) is 76.6 cm³/mol. The number of fused-ring (bicyclic) bond motifs is 5. The molecule has 2 heterocycles. The minimum atomic E-state index is -4.76. The van der Waals surface area contributed by atoms with Gasteiger partial charge in [0.25, 0.3) is 11.6 Å². The smallest absolute Gasteiger partial charge is 0.268 e. The molecule has 0 saturated heterocycles. The van der Waals surface area contributed by atoms with E-state index in [0.717, 1.165) is 4.57 Å². The molecule has 0 N–H and O–H groups in total. The van der Waals surface area contributed by atoms with Crippen molar-refractivity contribution in [3.63, 3.8) is 0 Å². The molecule has 0 amide bonds. The van der Waals surface area contributed by atoms with E-state index in [1.807, 2.05) is 0 Å². The van der Waals surface area contributed by atoms with Gasteiger partial charge >= 0.3 is 6.18 Å². The molecular weight excluding hydrogens is 327 g/mol. The van der Waals surface area contributed by atoms with E-state index < -0.39 is 28.3 Å². The van der Waals surface area contributed by atoms with Crippen LogP contribution in [0, 0.1) is 10.1 Å². The maximum Gasteiger partial charge on any atom is 0.416 e. The maximum atomic E-state index is 13.0. The average molecular weight is 333 g/mol. The number of hydrogen-bond donors (Lipinski definition) is 0. The topological polar surface area (TPSA) is 78.0 Å². The summed E-state index contributed by atoms with van der Waals surface area (Å²) in [6.07, 6.45) is -4.76. The Morgan fingerprint density at radius 2 is 1.79 bits per heavy atom. The lowest BCUT2D eigenvalue weighted by Gasteiger charge is -2.07. The molecule has 3 aromatic rings. The monoisotopic (exact) mass is 333 g/mol. The number of non-ortho nitro benzene ring substituents is 1. The zero-order valence-corrected chi connectivity index (χ0v) is 11.7. The van der Waals surface area contributed by atoms with Crippen molar-refractivity contribution in [2.75, 3.05) is 0 Å². The zero-order chi connectivity index (χ0) is 17.2. The highest BCUT2D eigenvalue weighted by Gasteiger charge is 2.38. The van der Waals surface area contributed by atoms with E-state index in [2.05, 4.69) is 4.98 Å². The molecule has 0 spiro atoms. The van der Waals surface area contributed by atoms with Gasteiger partial charge in [0.05, 0.1) is 21.6 Å². The van der Waals surface area contributed by atoms with Crippen LogP contribution in [0.3, 0.4) is 0 Å². The van der Waals surface area contributed by atoms with Crippen molar-refractivity contribution >= 4 is 22.6 Å². The van der Waals surface area contributed by atoms with Crippen LogP contribution in [0.1, 0.15) is 15.9 Å². The van der Waals surface area contributed by atoms with Gasteiger partial charge in [-0.1, -0.05) is 18.2 Å². The van der Waals surface area contributed by atoms with Crippen LogP contribution >= 0.6 is 0 Å². The first-order chi connectivity index (χ1) is 11.3. The predicted octanol–water partition coefficient (Wildman–Crippen LogP) is 3.63. The van der Waals surface area contributed by atoms with Gasteiger partial charge in [-0.15, -0.1) is 0 Å². The molecule has 9 heteroatoms. The van der Waals surface area contributed by atoms with Crippen molar-refractivity contribution in [1.29, 1.82) is 0 Å². The summed E-state index contributed by atoms with van der Waals surface area (Å²) in [5.74, 6) is -0.445. The van der Waals surface area contributed by atoms with E-state index in [0.29, 0.717) is 23.3 Å². The van der Waals surface area contributed by atoms with Crippen molar-refractivity contribution < 1.29 is 22.9 Å². The lowest BCUT2D eigenvalue weighted by atomic mass is 10.1. The number of alkyl halides is 3. The summed E-state index contributed by atoms with van der Waals surface area (Å²) in [6, 6.07) is 7.54. The largest absolute Gasteiger partial charge is 0.416 e. The molecule has 1 aromatic heterocycles. The summed E-state index contributed by atoms with van der Waals surface area (Å²) in [5, 5.41) is 11.3. The molecule has 6 nitrogen and oxygen atoms in total. The third kappa shape index (κ3) is 1.78. The van der Waals surface area contributed by atoms with Gasteiger partial charge < -0.3 is 0 Å². The number of benzene rings is 2. The van der Waals surface area contributed by atoms with Crippen molar-refractivity contribution in [2.45, 2.75) is 6.18 Å². The van der Waals surface area contributed by atoms with Crippen molar-refractivity contribution in [3.8, 4) is 11.4 Å². The number of hydrogen-bond acceptors (Lipinski definition) is 4. The third-order valence-corrected chi connectivity index (χ3v) is 3.86. The fraction of sp³-hybridized carbons (Fsp3) is 0.0667. The molecule has 1 aliphatic rings. The number of carbonyl (C=O) groups is 1. The Kier molecular flexibility index (Phi) is 2.64. The van der Waals surface area contributed by atoms with Crippen LogP contribution in [0.5, 0.6) is 0 Å². The summed E-state index contributed by atoms with van der Waals surface area (Å²) >= 11 is 0. The van der Waals surface area contributed by atoms with Crippen LogP contribution in [0.25, 0.3) is 22.4 Å². The highest BCUT2D eigenvalue weighted by molar-refractivity contribution is 6.14. The van der Waals surface area contributed by atoms with Gasteiger partial charge in [0.1, 0.15) is 5.82 Å². The molecule has 0 bridgehead atoms. The molecule has 0 unspecified atom stereocenters. The maximum absolute atomic E-state index is 13.0. The minimum absolute atomic E-state index is 0.105. The molecule has 0 radical (unpaired) electrons. The first kappa shape index (κ1) is 14.4. The van der Waals surface area contributed by atoms with Crippen LogP contribution in [0.4, 0.5) is 18.9 Å². The van der Waals surface area contributed by atoms with E-state index in [4.69, 9.17) is 0 Å². The summed E-state index contributed by atoms with van der Waals surface area (Å²) in [7, 11) is 0. The Balaban J connectivity index is 2.12. The van der Waals surface area contributed by atoms with Crippen LogP contribution < -0.4 is 0 Å². The summed E-state index contributed by atoms with van der Waals surface area (Å²) < 4.78 is 39.9. The average Bonchev–Trinajstić information content (AvgIpc) is 3.02. The highest BCUT2D eigenvalue weighted by Crippen LogP contribution is 2.41. The number of nitro benzene ring substituents is 1. The molecule has 0 fully saturated rings. The number of carbonyl (C=O) groups excluding carboxylic acids is 1. The van der Waals surface area contributed by atoms with E-state index in [1.54, 1.807) is 18.2 Å². The molecule has 4 rings (SSSR count). The number of aromatic nitrogens is 2. The van der Waals surface area contributed by atoms with E-state index in [-0.39, 0.29) is 16.9 Å². The number of halogens is 3. The quantitative estimate of drug-likeness (QED) is 0.394. The molecule has 120 valence electrons. The first-order valence-electron chi connectivity index (χ1n) is 6.71. The highest BCUT2D eigenvalue weighted by atomic mass is 19.4. The normalized spacial score (nSPS) is 13.2. The van der Waals surface area contributed by atoms with Crippen molar-refractivity contribution in [1.82, 2.24) is 9.55 Å². The lowest BCUT2D eigenvalue weighted by Crippen LogP contribution is -2.09. The van der Waals surface area contributed by atoms with Crippen LogP contribution in [-0.2, 0) is 6.18 Å². The minimum Gasteiger partial charge on any atom is -0.268 e. The second kappa shape index (κ2) is 4.40. The molecular formula is C15H6F3N3O3. The first-order valence-corrected chi connectivity index (χ1v) is 6.71. The Hall–Kier alpha value is -3.23. The molecule has 24 heavy (non-hydrogen) atoms. The molecule has 2 aromatic carbocycles. The molecule has 0 atom stereocenters. The number of nitro groups is 1. The van der Waals surface area contributed by atoms with E-state index >= 15 is 0 Å². The van der Waals surface area contributed by atoms with E-state index in [9.17, 15) is 28.1 Å². The number of nitrogens with zero attached hydrogens (tertiary/aromatic N) is 3. The van der Waals surface area contributed by atoms with Gasteiger partial charge in [0, 0.05) is 11.6 Å². The summed E-state index contributed by atoms with van der Waals surface area (Å²) in [4.78, 5) is 26.9. The number of imidazole rings is 1. The Morgan fingerprint density at radius 1 is 1.12 bits per heavy atom. The second-order valence-corrected chi connectivity index (χ2v) is 5.24. The van der Waals surface area contributed by atoms with Gasteiger partial charge in [-0.05, 0) is 12.1 Å². The number of rotatable bonds is 1. The molecule has 0 aliphatic carbocycles. The van der Waals surface area contributed by atoms with Crippen LogP contribution in [0.15, 0.2) is 36.4 Å². The summed E-state index contributed by atoms with van der Waals surface area (Å²) in [6.45, 7) is 0. The molecule has 0 saturated carbocycles. The molecule has 1 aliphatic heterocycles. The summed E-state index contributed by atoms with van der Waals surface area (Å²) in [5.41, 5.74) is -1.73.